The van der Waals surface area contributed by atoms with E-state index in [9.17, 15) is 4.39 Å². The molecule has 1 unspecified atom stereocenters. The number of aliphatic hydroxyl groups excluding tert-OH is 1. The van der Waals surface area contributed by atoms with Gasteiger partial charge in [-0.25, -0.2) is 4.39 Å². The minimum Gasteiger partial charge on any atom is -0.396 e. The molecule has 0 saturated heterocycles. The molecular weight excluding hydrogens is 261 g/mol. The maximum atomic E-state index is 12.9. The van der Waals surface area contributed by atoms with Crippen LogP contribution in [0.3, 0.4) is 0 Å². The Bertz CT molecular complexity index is 319. The van der Waals surface area contributed by atoms with Crippen LogP contribution >= 0.6 is 15.9 Å². The minimum atomic E-state index is -0.248. The molecule has 0 fully saturated rings. The molecule has 0 aromatic heterocycles. The van der Waals surface area contributed by atoms with Gasteiger partial charge < -0.3 is 10.4 Å². The number of halogens is 2. The van der Waals surface area contributed by atoms with Crippen molar-refractivity contribution in [3.63, 3.8) is 0 Å². The number of hydrogen-bond acceptors (Lipinski definition) is 2. The fourth-order valence-corrected chi connectivity index (χ4v) is 1.66. The van der Waals surface area contributed by atoms with Gasteiger partial charge in [-0.3, -0.25) is 0 Å². The van der Waals surface area contributed by atoms with Crippen molar-refractivity contribution in [2.24, 2.45) is 0 Å². The van der Waals surface area contributed by atoms with Gasteiger partial charge in [0.1, 0.15) is 5.82 Å². The highest BCUT2D eigenvalue weighted by molar-refractivity contribution is 9.10. The molecule has 4 heteroatoms. The predicted octanol–water partition coefficient (Wildman–Crippen LogP) is 2.45. The highest BCUT2D eigenvalue weighted by Crippen LogP contribution is 2.16. The van der Waals surface area contributed by atoms with E-state index in [1.165, 1.54) is 6.07 Å². The van der Waals surface area contributed by atoms with Crippen molar-refractivity contribution in [2.75, 3.05) is 6.61 Å². The monoisotopic (exact) mass is 275 g/mol. The van der Waals surface area contributed by atoms with E-state index in [1.807, 2.05) is 6.92 Å². The maximum absolute atomic E-state index is 12.9. The van der Waals surface area contributed by atoms with Gasteiger partial charge >= 0.3 is 0 Å². The number of benzene rings is 1. The summed E-state index contributed by atoms with van der Waals surface area (Å²) in [7, 11) is 0. The normalized spacial score (nSPS) is 12.8. The Hall–Kier alpha value is -0.450. The lowest BCUT2D eigenvalue weighted by Crippen LogP contribution is -2.26. The number of rotatable bonds is 5. The molecule has 0 aliphatic rings. The average molecular weight is 276 g/mol. The summed E-state index contributed by atoms with van der Waals surface area (Å²) in [6, 6.07) is 5.21. The lowest BCUT2D eigenvalue weighted by atomic mass is 10.2. The van der Waals surface area contributed by atoms with Gasteiger partial charge in [0.05, 0.1) is 4.47 Å². The second-order valence-corrected chi connectivity index (χ2v) is 4.40. The van der Waals surface area contributed by atoms with E-state index in [4.69, 9.17) is 5.11 Å². The van der Waals surface area contributed by atoms with Crippen LogP contribution in [0.25, 0.3) is 0 Å². The van der Waals surface area contributed by atoms with E-state index < -0.39 is 0 Å². The smallest absolute Gasteiger partial charge is 0.137 e. The SMILES string of the molecule is CC(CCO)NCc1ccc(F)c(Br)c1. The van der Waals surface area contributed by atoms with Crippen molar-refractivity contribution in [1.29, 1.82) is 0 Å². The zero-order valence-corrected chi connectivity index (χ0v) is 10.2. The molecule has 0 aliphatic carbocycles. The second-order valence-electron chi connectivity index (χ2n) is 3.54. The molecule has 0 aliphatic heterocycles. The topological polar surface area (TPSA) is 32.3 Å². The lowest BCUT2D eigenvalue weighted by Gasteiger charge is -2.12. The van der Waals surface area contributed by atoms with Crippen LogP contribution in [0.4, 0.5) is 4.39 Å². The third-order valence-electron chi connectivity index (χ3n) is 2.20. The largest absolute Gasteiger partial charge is 0.396 e. The summed E-state index contributed by atoms with van der Waals surface area (Å²) in [5.41, 5.74) is 1.02. The fourth-order valence-electron chi connectivity index (χ4n) is 1.24. The first-order valence-corrected chi connectivity index (χ1v) is 5.71. The van der Waals surface area contributed by atoms with Crippen molar-refractivity contribution >= 4 is 15.9 Å². The van der Waals surface area contributed by atoms with Crippen molar-refractivity contribution in [3.8, 4) is 0 Å². The molecule has 0 amide bonds. The van der Waals surface area contributed by atoms with Crippen LogP contribution in [-0.4, -0.2) is 17.8 Å². The number of hydrogen-bond donors (Lipinski definition) is 2. The molecular formula is C11H15BrFNO. The first-order valence-electron chi connectivity index (χ1n) is 4.91. The molecule has 1 aromatic carbocycles. The number of nitrogens with one attached hydrogen (secondary N) is 1. The molecule has 1 atom stereocenters. The Morgan fingerprint density at radius 3 is 2.87 bits per heavy atom. The van der Waals surface area contributed by atoms with Gasteiger partial charge in [0.15, 0.2) is 0 Å². The van der Waals surface area contributed by atoms with E-state index in [-0.39, 0.29) is 18.5 Å². The van der Waals surface area contributed by atoms with Crippen LogP contribution in [0.2, 0.25) is 0 Å². The van der Waals surface area contributed by atoms with E-state index in [2.05, 4.69) is 21.2 Å². The van der Waals surface area contributed by atoms with Crippen molar-refractivity contribution < 1.29 is 9.50 Å². The van der Waals surface area contributed by atoms with E-state index in [0.717, 1.165) is 12.0 Å². The third-order valence-corrected chi connectivity index (χ3v) is 2.81. The summed E-state index contributed by atoms with van der Waals surface area (Å²) in [5, 5.41) is 12.0. The molecule has 2 nitrogen and oxygen atoms in total. The molecule has 0 saturated carbocycles. The van der Waals surface area contributed by atoms with Crippen LogP contribution < -0.4 is 5.32 Å². The average Bonchev–Trinajstić information content (AvgIpc) is 2.20. The van der Waals surface area contributed by atoms with Crippen LogP contribution in [-0.2, 0) is 6.54 Å². The van der Waals surface area contributed by atoms with Gasteiger partial charge in [0.2, 0.25) is 0 Å². The minimum absolute atomic E-state index is 0.182. The van der Waals surface area contributed by atoms with Crippen LogP contribution in [0.15, 0.2) is 22.7 Å². The molecule has 0 spiro atoms. The van der Waals surface area contributed by atoms with E-state index in [1.54, 1.807) is 12.1 Å². The van der Waals surface area contributed by atoms with Gasteiger partial charge in [0.25, 0.3) is 0 Å². The maximum Gasteiger partial charge on any atom is 0.137 e. The van der Waals surface area contributed by atoms with Gasteiger partial charge in [-0.2, -0.15) is 0 Å². The molecule has 0 heterocycles. The summed E-state index contributed by atoms with van der Waals surface area (Å²) in [5.74, 6) is -0.248. The Morgan fingerprint density at radius 2 is 2.27 bits per heavy atom. The van der Waals surface area contributed by atoms with Gasteiger partial charge in [-0.15, -0.1) is 0 Å². The Labute approximate surface area is 97.6 Å². The second kappa shape index (κ2) is 6.20. The summed E-state index contributed by atoms with van der Waals surface area (Å²) in [4.78, 5) is 0. The van der Waals surface area contributed by atoms with Crippen molar-refractivity contribution in [1.82, 2.24) is 5.32 Å². The fraction of sp³-hybridized carbons (Fsp3) is 0.455. The molecule has 1 rings (SSSR count). The summed E-state index contributed by atoms with van der Waals surface area (Å²) < 4.78 is 13.4. The zero-order valence-electron chi connectivity index (χ0n) is 8.63. The molecule has 15 heavy (non-hydrogen) atoms. The van der Waals surface area contributed by atoms with Crippen LogP contribution in [0.5, 0.6) is 0 Å². The summed E-state index contributed by atoms with van der Waals surface area (Å²) in [6.07, 6.45) is 0.725. The third kappa shape index (κ3) is 4.28. The van der Waals surface area contributed by atoms with Gasteiger partial charge in [-0.1, -0.05) is 6.07 Å². The quantitative estimate of drug-likeness (QED) is 0.865. The van der Waals surface area contributed by atoms with Crippen LogP contribution in [0.1, 0.15) is 18.9 Å². The predicted molar refractivity (Wildman–Crippen MR) is 62.1 cm³/mol. The highest BCUT2D eigenvalue weighted by atomic mass is 79.9. The summed E-state index contributed by atoms with van der Waals surface area (Å²) >= 11 is 3.14. The van der Waals surface area contributed by atoms with Gasteiger partial charge in [0, 0.05) is 19.2 Å². The molecule has 0 radical (unpaired) electrons. The summed E-state index contributed by atoms with van der Waals surface area (Å²) in [6.45, 7) is 2.87. The first kappa shape index (κ1) is 12.6. The van der Waals surface area contributed by atoms with Crippen LogP contribution in [0, 0.1) is 5.82 Å². The molecule has 0 bridgehead atoms. The first-order chi connectivity index (χ1) is 7.13. The molecule has 1 aromatic rings. The standard InChI is InChI=1S/C11H15BrFNO/c1-8(4-5-15)14-7-9-2-3-11(13)10(12)6-9/h2-3,6,8,14-15H,4-5,7H2,1H3. The van der Waals surface area contributed by atoms with E-state index >= 15 is 0 Å². The lowest BCUT2D eigenvalue weighted by molar-refractivity contribution is 0.268. The Balaban J connectivity index is 2.47. The Morgan fingerprint density at radius 1 is 1.53 bits per heavy atom. The number of aliphatic hydroxyl groups is 1. The van der Waals surface area contributed by atoms with Crippen molar-refractivity contribution in [3.05, 3.63) is 34.1 Å². The zero-order chi connectivity index (χ0) is 11.3. The molecule has 84 valence electrons. The highest BCUT2D eigenvalue weighted by Gasteiger charge is 2.03. The Kier molecular flexibility index (Phi) is 5.22. The van der Waals surface area contributed by atoms with E-state index in [0.29, 0.717) is 11.0 Å². The van der Waals surface area contributed by atoms with Gasteiger partial charge in [-0.05, 0) is 47.0 Å². The van der Waals surface area contributed by atoms with Crippen molar-refractivity contribution in [2.45, 2.75) is 25.9 Å². The molecule has 2 N–H and O–H groups in total.